The normalized spacial score (nSPS) is 12.6. The number of amides is 1. The van der Waals surface area contributed by atoms with Crippen LogP contribution in [0.15, 0.2) is 12.2 Å². The van der Waals surface area contributed by atoms with Crippen LogP contribution >= 0.6 is 0 Å². The minimum Gasteiger partial charge on any atom is -0.466 e. The molecule has 0 radical (unpaired) electrons. The number of aliphatic hydroxyl groups excluding tert-OH is 2. The maximum atomic E-state index is 12.4. The molecule has 0 aromatic rings. The van der Waals surface area contributed by atoms with E-state index in [-0.39, 0.29) is 18.5 Å². The van der Waals surface area contributed by atoms with E-state index >= 15 is 0 Å². The maximum absolute atomic E-state index is 12.4. The molecule has 0 bridgehead atoms. The molecule has 0 spiro atoms. The maximum Gasteiger partial charge on any atom is 0.305 e. The van der Waals surface area contributed by atoms with E-state index in [2.05, 4.69) is 31.3 Å². The number of allylic oxidation sites excluding steroid dienone is 2. The summed E-state index contributed by atoms with van der Waals surface area (Å²) in [5.41, 5.74) is 0. The number of unbranched alkanes of at least 4 members (excludes halogenated alkanes) is 47. The van der Waals surface area contributed by atoms with E-state index < -0.39 is 12.1 Å². The van der Waals surface area contributed by atoms with Crippen molar-refractivity contribution >= 4 is 11.9 Å². The fourth-order valence-corrected chi connectivity index (χ4v) is 10.2. The van der Waals surface area contributed by atoms with Gasteiger partial charge in [0, 0.05) is 12.8 Å². The SMILES string of the molecule is CCCCCCCC/C=C\CCCCCCCCCC(=O)OCCCCCCCCCCCCCCCCCCCCCCCCCCCCC(=O)NC(CO)C(O)CCCCCCCCCCCC. The van der Waals surface area contributed by atoms with Crippen LogP contribution in [0.4, 0.5) is 0 Å². The second-order valence-electron chi connectivity index (χ2n) is 22.1. The summed E-state index contributed by atoms with van der Waals surface area (Å²) in [4.78, 5) is 24.5. The zero-order valence-corrected chi connectivity index (χ0v) is 47.5. The second kappa shape index (κ2) is 60.2. The van der Waals surface area contributed by atoms with E-state index in [0.717, 1.165) is 44.9 Å². The Balaban J connectivity index is 3.31. The van der Waals surface area contributed by atoms with Gasteiger partial charge in [-0.05, 0) is 51.4 Å². The fourth-order valence-electron chi connectivity index (χ4n) is 10.2. The van der Waals surface area contributed by atoms with E-state index in [9.17, 15) is 19.8 Å². The molecule has 0 saturated heterocycles. The lowest BCUT2D eigenvalue weighted by Crippen LogP contribution is -2.45. The zero-order chi connectivity index (χ0) is 50.7. The van der Waals surface area contributed by atoms with Gasteiger partial charge in [0.15, 0.2) is 0 Å². The van der Waals surface area contributed by atoms with Crippen LogP contribution in [0.2, 0.25) is 0 Å². The Labute approximate surface area is 438 Å². The van der Waals surface area contributed by atoms with Crippen molar-refractivity contribution in [3.63, 3.8) is 0 Å². The van der Waals surface area contributed by atoms with Crippen LogP contribution in [0.25, 0.3) is 0 Å². The van der Waals surface area contributed by atoms with Gasteiger partial charge in [-0.2, -0.15) is 0 Å². The second-order valence-corrected chi connectivity index (χ2v) is 22.1. The van der Waals surface area contributed by atoms with Crippen molar-refractivity contribution in [1.29, 1.82) is 0 Å². The Bertz CT molecular complexity index is 1050. The molecule has 0 aliphatic carbocycles. The predicted octanol–water partition coefficient (Wildman–Crippen LogP) is 20.0. The number of carbonyl (C=O) groups excluding carboxylic acids is 2. The molecule has 0 aromatic heterocycles. The minimum absolute atomic E-state index is 0.0145. The Hall–Kier alpha value is -1.40. The summed E-state index contributed by atoms with van der Waals surface area (Å²) in [7, 11) is 0. The van der Waals surface area contributed by atoms with Gasteiger partial charge in [-0.15, -0.1) is 0 Å². The molecule has 0 aromatic carbocycles. The molecule has 2 atom stereocenters. The van der Waals surface area contributed by atoms with Crippen molar-refractivity contribution in [2.45, 2.75) is 373 Å². The lowest BCUT2D eigenvalue weighted by atomic mass is 10.0. The third kappa shape index (κ3) is 55.9. The molecule has 0 saturated carbocycles. The Morgan fingerprint density at radius 1 is 0.386 bits per heavy atom. The average molecular weight is 989 g/mol. The average Bonchev–Trinajstić information content (AvgIpc) is 3.36. The number of hydrogen-bond donors (Lipinski definition) is 3. The van der Waals surface area contributed by atoms with Gasteiger partial charge in [0.25, 0.3) is 0 Å². The highest BCUT2D eigenvalue weighted by molar-refractivity contribution is 5.76. The van der Waals surface area contributed by atoms with E-state index in [1.54, 1.807) is 0 Å². The van der Waals surface area contributed by atoms with Crippen LogP contribution < -0.4 is 5.32 Å². The van der Waals surface area contributed by atoms with E-state index in [1.807, 2.05) is 0 Å². The third-order valence-electron chi connectivity index (χ3n) is 15.1. The molecule has 0 rings (SSSR count). The lowest BCUT2D eigenvalue weighted by Gasteiger charge is -2.22. The molecular weight excluding hydrogens is 863 g/mol. The van der Waals surface area contributed by atoms with E-state index in [1.165, 1.54) is 283 Å². The molecule has 0 heterocycles. The molecule has 3 N–H and O–H groups in total. The summed E-state index contributed by atoms with van der Waals surface area (Å²) < 4.78 is 5.50. The molecule has 0 fully saturated rings. The molecule has 6 heteroatoms. The van der Waals surface area contributed by atoms with E-state index in [4.69, 9.17) is 4.74 Å². The summed E-state index contributed by atoms with van der Waals surface area (Å²) in [6, 6.07) is -0.537. The number of aliphatic hydroxyl groups is 2. The molecule has 416 valence electrons. The summed E-state index contributed by atoms with van der Waals surface area (Å²) in [6.45, 7) is 4.96. The first-order chi connectivity index (χ1) is 34.5. The third-order valence-corrected chi connectivity index (χ3v) is 15.1. The van der Waals surface area contributed by atoms with Crippen molar-refractivity contribution in [1.82, 2.24) is 5.32 Å². The highest BCUT2D eigenvalue weighted by Crippen LogP contribution is 2.18. The standard InChI is InChI=1S/C64H125NO5/c1-3-5-7-9-11-13-15-16-17-28-32-35-38-42-46-50-54-58-64(69)70-59-55-51-47-43-39-36-33-30-27-25-23-21-19-18-20-22-24-26-29-31-34-37-41-45-49-53-57-63(68)65-61(60-66)62(67)56-52-48-44-40-14-12-10-8-6-4-2/h16-17,61-62,66-67H,3-15,18-60H2,1-2H3,(H,65,68)/b17-16-. The molecule has 6 nitrogen and oxygen atoms in total. The first-order valence-corrected chi connectivity index (χ1v) is 31.9. The smallest absolute Gasteiger partial charge is 0.305 e. The quantitative estimate of drug-likeness (QED) is 0.0321. The van der Waals surface area contributed by atoms with Crippen LogP contribution in [0.1, 0.15) is 361 Å². The summed E-state index contributed by atoms with van der Waals surface area (Å²) >= 11 is 0. The molecule has 2 unspecified atom stereocenters. The number of esters is 1. The van der Waals surface area contributed by atoms with Gasteiger partial charge < -0.3 is 20.3 Å². The zero-order valence-electron chi connectivity index (χ0n) is 47.5. The van der Waals surface area contributed by atoms with Crippen molar-refractivity contribution in [2.75, 3.05) is 13.2 Å². The van der Waals surface area contributed by atoms with Crippen LogP contribution in [-0.4, -0.2) is 47.4 Å². The summed E-state index contributed by atoms with van der Waals surface area (Å²) in [5, 5.41) is 23.2. The Kier molecular flexibility index (Phi) is 59.0. The van der Waals surface area contributed by atoms with Gasteiger partial charge >= 0.3 is 5.97 Å². The summed E-state index contributed by atoms with van der Waals surface area (Å²) in [6.07, 6.45) is 72.4. The topological polar surface area (TPSA) is 95.9 Å². The monoisotopic (exact) mass is 988 g/mol. The van der Waals surface area contributed by atoms with Crippen molar-refractivity contribution in [3.05, 3.63) is 12.2 Å². The highest BCUT2D eigenvalue weighted by Gasteiger charge is 2.20. The van der Waals surface area contributed by atoms with Gasteiger partial charge in [-0.1, -0.05) is 309 Å². The fraction of sp³-hybridized carbons (Fsp3) is 0.938. The van der Waals surface area contributed by atoms with Crippen molar-refractivity contribution in [2.24, 2.45) is 0 Å². The Morgan fingerprint density at radius 3 is 1.01 bits per heavy atom. The largest absolute Gasteiger partial charge is 0.466 e. The number of carbonyl (C=O) groups is 2. The molecule has 1 amide bonds. The number of nitrogens with one attached hydrogen (secondary N) is 1. The first-order valence-electron chi connectivity index (χ1n) is 31.9. The van der Waals surface area contributed by atoms with Gasteiger partial charge in [0.1, 0.15) is 0 Å². The molecule has 70 heavy (non-hydrogen) atoms. The van der Waals surface area contributed by atoms with Gasteiger partial charge in [0.05, 0.1) is 25.4 Å². The van der Waals surface area contributed by atoms with Crippen molar-refractivity contribution in [3.8, 4) is 0 Å². The molecular formula is C64H125NO5. The van der Waals surface area contributed by atoms with Crippen LogP contribution in [0.5, 0.6) is 0 Å². The number of hydrogen-bond acceptors (Lipinski definition) is 5. The van der Waals surface area contributed by atoms with Crippen molar-refractivity contribution < 1.29 is 24.5 Å². The van der Waals surface area contributed by atoms with Crippen LogP contribution in [-0.2, 0) is 14.3 Å². The number of rotatable bonds is 60. The minimum atomic E-state index is -0.660. The van der Waals surface area contributed by atoms with Gasteiger partial charge in [0.2, 0.25) is 5.91 Å². The van der Waals surface area contributed by atoms with Gasteiger partial charge in [-0.25, -0.2) is 0 Å². The first kappa shape index (κ1) is 68.6. The highest BCUT2D eigenvalue weighted by atomic mass is 16.5. The van der Waals surface area contributed by atoms with Crippen LogP contribution in [0.3, 0.4) is 0 Å². The van der Waals surface area contributed by atoms with E-state index in [0.29, 0.717) is 25.9 Å². The molecule has 0 aliphatic heterocycles. The number of ether oxygens (including phenoxy) is 1. The summed E-state index contributed by atoms with van der Waals surface area (Å²) in [5.74, 6) is -0.0182. The predicted molar refractivity (Wildman–Crippen MR) is 306 cm³/mol. The van der Waals surface area contributed by atoms with Gasteiger partial charge in [-0.3, -0.25) is 9.59 Å². The molecule has 0 aliphatic rings. The lowest BCUT2D eigenvalue weighted by molar-refractivity contribution is -0.143. The van der Waals surface area contributed by atoms with Crippen LogP contribution in [0, 0.1) is 0 Å². The Morgan fingerprint density at radius 2 is 0.671 bits per heavy atom.